The van der Waals surface area contributed by atoms with Crippen molar-refractivity contribution in [1.82, 2.24) is 15.5 Å². The summed E-state index contributed by atoms with van der Waals surface area (Å²) < 4.78 is 0. The van der Waals surface area contributed by atoms with E-state index < -0.39 is 0 Å². The Morgan fingerprint density at radius 2 is 1.56 bits per heavy atom. The molecule has 0 aromatic rings. The zero-order valence-corrected chi connectivity index (χ0v) is 6.57. The Morgan fingerprint density at radius 3 is 1.78 bits per heavy atom. The van der Waals surface area contributed by atoms with Crippen LogP contribution in [0.25, 0.3) is 0 Å². The maximum Gasteiger partial charge on any atom is 0.0499 e. The first-order chi connectivity index (χ1) is 4.39. The summed E-state index contributed by atoms with van der Waals surface area (Å²) in [6, 6.07) is 0. The molecule has 0 aromatic heterocycles. The molecule has 1 saturated heterocycles. The maximum absolute atomic E-state index is 3.15. The lowest BCUT2D eigenvalue weighted by Gasteiger charge is -2.23. The molecule has 0 spiro atoms. The normalized spacial score (nSPS) is 20.3. The molecule has 0 amide bonds. The number of hydrogen-bond donors (Lipinski definition) is 2. The standard InChI is InChI=1S/C4H11N3.C2H6/c1-7-3-5-2-6-4-7;1-2/h5-6H,2-4H2,1H3;1-2H3. The van der Waals surface area contributed by atoms with Crippen molar-refractivity contribution in [2.24, 2.45) is 0 Å². The van der Waals surface area contributed by atoms with Crippen molar-refractivity contribution in [3.8, 4) is 0 Å². The largest absolute Gasteiger partial charge is 0.292 e. The minimum absolute atomic E-state index is 0.949. The van der Waals surface area contributed by atoms with Crippen LogP contribution < -0.4 is 10.6 Å². The third-order valence-electron chi connectivity index (χ3n) is 1.01. The van der Waals surface area contributed by atoms with Gasteiger partial charge in [0.2, 0.25) is 0 Å². The molecule has 2 N–H and O–H groups in total. The number of hydrogen-bond acceptors (Lipinski definition) is 3. The molecule has 1 aliphatic heterocycles. The highest BCUT2D eigenvalue weighted by molar-refractivity contribution is 4.52. The third kappa shape index (κ3) is 4.39. The molecule has 1 aliphatic rings. The van der Waals surface area contributed by atoms with Crippen LogP contribution in [-0.2, 0) is 0 Å². The summed E-state index contributed by atoms with van der Waals surface area (Å²) in [7, 11) is 2.07. The highest BCUT2D eigenvalue weighted by atomic mass is 15.3. The molecule has 0 radical (unpaired) electrons. The first kappa shape index (κ1) is 8.88. The van der Waals surface area contributed by atoms with Crippen molar-refractivity contribution in [2.75, 3.05) is 27.1 Å². The lowest BCUT2D eigenvalue weighted by atomic mass is 10.7. The Bertz CT molecular complexity index is 50.3. The van der Waals surface area contributed by atoms with E-state index in [0.29, 0.717) is 0 Å². The van der Waals surface area contributed by atoms with Crippen LogP contribution in [0.5, 0.6) is 0 Å². The number of nitrogens with zero attached hydrogens (tertiary/aromatic N) is 1. The second-order valence-corrected chi connectivity index (χ2v) is 1.85. The average molecular weight is 131 g/mol. The van der Waals surface area contributed by atoms with Gasteiger partial charge in [-0.25, -0.2) is 0 Å². The predicted octanol–water partition coefficient (Wildman–Crippen LogP) is 0.00970. The Labute approximate surface area is 57.4 Å². The van der Waals surface area contributed by atoms with Crippen LogP contribution in [-0.4, -0.2) is 32.0 Å². The summed E-state index contributed by atoms with van der Waals surface area (Å²) >= 11 is 0. The molecule has 0 saturated carbocycles. The zero-order chi connectivity index (χ0) is 7.11. The molecular weight excluding hydrogens is 114 g/mol. The van der Waals surface area contributed by atoms with Gasteiger partial charge < -0.3 is 0 Å². The Hall–Kier alpha value is -0.120. The van der Waals surface area contributed by atoms with Crippen molar-refractivity contribution in [3.05, 3.63) is 0 Å². The lowest BCUT2D eigenvalue weighted by Crippen LogP contribution is -2.48. The summed E-state index contributed by atoms with van der Waals surface area (Å²) in [5, 5.41) is 6.30. The molecule has 0 aromatic carbocycles. The van der Waals surface area contributed by atoms with Crippen LogP contribution in [0.1, 0.15) is 13.8 Å². The van der Waals surface area contributed by atoms with Gasteiger partial charge in [-0.3, -0.25) is 15.5 Å². The van der Waals surface area contributed by atoms with E-state index in [-0.39, 0.29) is 0 Å². The van der Waals surface area contributed by atoms with Gasteiger partial charge >= 0.3 is 0 Å². The molecule has 9 heavy (non-hydrogen) atoms. The van der Waals surface area contributed by atoms with Crippen LogP contribution in [0.3, 0.4) is 0 Å². The lowest BCUT2D eigenvalue weighted by molar-refractivity contribution is 0.232. The molecule has 1 heterocycles. The van der Waals surface area contributed by atoms with Crippen molar-refractivity contribution in [1.29, 1.82) is 0 Å². The van der Waals surface area contributed by atoms with Gasteiger partial charge in [-0.2, -0.15) is 0 Å². The molecular formula is C6H17N3. The van der Waals surface area contributed by atoms with Crippen molar-refractivity contribution in [3.63, 3.8) is 0 Å². The van der Waals surface area contributed by atoms with E-state index in [9.17, 15) is 0 Å². The van der Waals surface area contributed by atoms with Crippen molar-refractivity contribution >= 4 is 0 Å². The van der Waals surface area contributed by atoms with E-state index in [1.807, 2.05) is 13.8 Å². The average Bonchev–Trinajstić information content (AvgIpc) is 1.94. The first-order valence-corrected chi connectivity index (χ1v) is 3.49. The smallest absolute Gasteiger partial charge is 0.0499 e. The monoisotopic (exact) mass is 131 g/mol. The highest BCUT2D eigenvalue weighted by Crippen LogP contribution is 1.76. The fraction of sp³-hybridized carbons (Fsp3) is 1.00. The van der Waals surface area contributed by atoms with Gasteiger partial charge in [0.15, 0.2) is 0 Å². The quantitative estimate of drug-likeness (QED) is 0.485. The minimum atomic E-state index is 0.949. The van der Waals surface area contributed by atoms with E-state index in [1.54, 1.807) is 0 Å². The van der Waals surface area contributed by atoms with Crippen LogP contribution >= 0.6 is 0 Å². The summed E-state index contributed by atoms with van der Waals surface area (Å²) in [5.74, 6) is 0. The molecule has 56 valence electrons. The van der Waals surface area contributed by atoms with Gasteiger partial charge in [0.1, 0.15) is 0 Å². The summed E-state index contributed by atoms with van der Waals surface area (Å²) in [6.45, 7) is 6.96. The molecule has 3 heteroatoms. The highest BCUT2D eigenvalue weighted by Gasteiger charge is 1.99. The van der Waals surface area contributed by atoms with E-state index in [4.69, 9.17) is 0 Å². The van der Waals surface area contributed by atoms with Gasteiger partial charge in [0, 0.05) is 20.0 Å². The van der Waals surface area contributed by atoms with E-state index in [2.05, 4.69) is 22.6 Å². The summed E-state index contributed by atoms with van der Waals surface area (Å²) in [6.07, 6.45) is 0. The van der Waals surface area contributed by atoms with E-state index >= 15 is 0 Å². The molecule has 0 bridgehead atoms. The first-order valence-electron chi connectivity index (χ1n) is 3.49. The Balaban J connectivity index is 0.000000291. The molecule has 0 atom stereocenters. The molecule has 1 fully saturated rings. The molecule has 0 unspecified atom stereocenters. The fourth-order valence-corrected chi connectivity index (χ4v) is 0.638. The van der Waals surface area contributed by atoms with Crippen LogP contribution in [0.2, 0.25) is 0 Å². The minimum Gasteiger partial charge on any atom is -0.292 e. The Kier molecular flexibility index (Phi) is 5.93. The van der Waals surface area contributed by atoms with Crippen molar-refractivity contribution in [2.45, 2.75) is 13.8 Å². The molecule has 3 nitrogen and oxygen atoms in total. The van der Waals surface area contributed by atoms with Crippen LogP contribution in [0, 0.1) is 0 Å². The van der Waals surface area contributed by atoms with Gasteiger partial charge in [-0.15, -0.1) is 0 Å². The fourth-order valence-electron chi connectivity index (χ4n) is 0.638. The maximum atomic E-state index is 3.15. The second kappa shape index (κ2) is 6.01. The topological polar surface area (TPSA) is 27.3 Å². The number of nitrogens with one attached hydrogen (secondary N) is 2. The number of rotatable bonds is 0. The van der Waals surface area contributed by atoms with Gasteiger partial charge in [0.05, 0.1) is 0 Å². The van der Waals surface area contributed by atoms with Crippen LogP contribution in [0.4, 0.5) is 0 Å². The summed E-state index contributed by atoms with van der Waals surface area (Å²) in [5.41, 5.74) is 0. The second-order valence-electron chi connectivity index (χ2n) is 1.85. The molecule has 1 rings (SSSR count). The molecule has 0 aliphatic carbocycles. The van der Waals surface area contributed by atoms with E-state index in [1.165, 1.54) is 0 Å². The summed E-state index contributed by atoms with van der Waals surface area (Å²) in [4.78, 5) is 2.17. The van der Waals surface area contributed by atoms with Crippen LogP contribution in [0.15, 0.2) is 0 Å². The SMILES string of the molecule is CC.CN1CNCNC1. The van der Waals surface area contributed by atoms with Gasteiger partial charge in [0.25, 0.3) is 0 Å². The zero-order valence-electron chi connectivity index (χ0n) is 6.57. The van der Waals surface area contributed by atoms with Gasteiger partial charge in [-0.05, 0) is 7.05 Å². The predicted molar refractivity (Wildman–Crippen MR) is 40.0 cm³/mol. The van der Waals surface area contributed by atoms with Crippen molar-refractivity contribution < 1.29 is 0 Å². The Morgan fingerprint density at radius 1 is 1.11 bits per heavy atom. The third-order valence-corrected chi connectivity index (χ3v) is 1.01. The van der Waals surface area contributed by atoms with Gasteiger partial charge in [-0.1, -0.05) is 13.8 Å². The van der Waals surface area contributed by atoms with E-state index in [0.717, 1.165) is 20.0 Å².